The molecule has 0 radical (unpaired) electrons. The minimum Gasteiger partial charge on any atom is -0.495 e. The fraction of sp³-hybridized carbons (Fsp3) is 0.111. The standard InChI is InChI=1S/C9H9ClN4O/c1-15-6-2-7(11)9(12-3-6)14-4-8(10)13-5-14/h2-5H,11H2,1H3. The molecule has 0 spiro atoms. The van der Waals surface area contributed by atoms with Gasteiger partial charge in [0.25, 0.3) is 0 Å². The third-order valence-corrected chi connectivity index (χ3v) is 2.10. The highest BCUT2D eigenvalue weighted by Gasteiger charge is 2.05. The summed E-state index contributed by atoms with van der Waals surface area (Å²) in [5, 5.41) is 0.395. The number of ether oxygens (including phenoxy) is 1. The summed E-state index contributed by atoms with van der Waals surface area (Å²) in [5.74, 6) is 1.19. The van der Waals surface area contributed by atoms with E-state index >= 15 is 0 Å². The van der Waals surface area contributed by atoms with Crippen LogP contribution >= 0.6 is 11.6 Å². The van der Waals surface area contributed by atoms with Crippen molar-refractivity contribution in [3.05, 3.63) is 29.9 Å². The van der Waals surface area contributed by atoms with Crippen LogP contribution in [-0.2, 0) is 0 Å². The van der Waals surface area contributed by atoms with Crippen LogP contribution in [0.5, 0.6) is 5.75 Å². The van der Waals surface area contributed by atoms with E-state index in [0.717, 1.165) is 0 Å². The second-order valence-electron chi connectivity index (χ2n) is 2.89. The molecule has 0 aliphatic carbocycles. The normalized spacial score (nSPS) is 10.3. The average Bonchev–Trinajstić information content (AvgIpc) is 2.64. The second kappa shape index (κ2) is 3.78. The Balaban J connectivity index is 2.45. The molecule has 2 aromatic heterocycles. The molecule has 0 saturated carbocycles. The molecular weight excluding hydrogens is 216 g/mol. The number of hydrogen-bond donors (Lipinski definition) is 1. The van der Waals surface area contributed by atoms with E-state index in [1.54, 1.807) is 36.5 Å². The predicted octanol–water partition coefficient (Wildman–Crippen LogP) is 1.51. The lowest BCUT2D eigenvalue weighted by Crippen LogP contribution is -2.01. The maximum atomic E-state index is 5.80. The zero-order valence-electron chi connectivity index (χ0n) is 8.01. The Morgan fingerprint density at radius 3 is 2.80 bits per heavy atom. The summed E-state index contributed by atoms with van der Waals surface area (Å²) in [6.45, 7) is 0. The van der Waals surface area contributed by atoms with Gasteiger partial charge in [-0.15, -0.1) is 0 Å². The van der Waals surface area contributed by atoms with Crippen molar-refractivity contribution in [3.63, 3.8) is 0 Å². The van der Waals surface area contributed by atoms with E-state index in [1.165, 1.54) is 0 Å². The molecule has 2 N–H and O–H groups in total. The molecule has 0 fully saturated rings. The molecule has 2 heterocycles. The molecule has 78 valence electrons. The van der Waals surface area contributed by atoms with Crippen molar-refractivity contribution in [1.82, 2.24) is 14.5 Å². The molecule has 0 amide bonds. The Hall–Kier alpha value is -1.75. The molecule has 0 aliphatic rings. The minimum atomic E-state index is 0.395. The van der Waals surface area contributed by atoms with Gasteiger partial charge >= 0.3 is 0 Å². The second-order valence-corrected chi connectivity index (χ2v) is 3.28. The topological polar surface area (TPSA) is 66.0 Å². The third kappa shape index (κ3) is 1.87. The van der Waals surface area contributed by atoms with Crippen LogP contribution in [0.15, 0.2) is 24.8 Å². The smallest absolute Gasteiger partial charge is 0.161 e. The van der Waals surface area contributed by atoms with Crippen LogP contribution in [0.2, 0.25) is 5.15 Å². The minimum absolute atomic E-state index is 0.395. The molecule has 5 nitrogen and oxygen atoms in total. The monoisotopic (exact) mass is 224 g/mol. The van der Waals surface area contributed by atoms with Crippen molar-refractivity contribution in [2.75, 3.05) is 12.8 Å². The number of hydrogen-bond acceptors (Lipinski definition) is 4. The molecule has 0 bridgehead atoms. The van der Waals surface area contributed by atoms with Crippen LogP contribution in [0.3, 0.4) is 0 Å². The van der Waals surface area contributed by atoms with Crippen LogP contribution in [0.1, 0.15) is 0 Å². The lowest BCUT2D eigenvalue weighted by atomic mass is 10.3. The fourth-order valence-corrected chi connectivity index (χ4v) is 1.35. The Bertz CT molecular complexity index is 483. The van der Waals surface area contributed by atoms with E-state index in [2.05, 4.69) is 9.97 Å². The number of nitrogens with two attached hydrogens (primary N) is 1. The van der Waals surface area contributed by atoms with Gasteiger partial charge in [0.1, 0.15) is 17.2 Å². The summed E-state index contributed by atoms with van der Waals surface area (Å²) in [4.78, 5) is 8.03. The highest BCUT2D eigenvalue weighted by atomic mass is 35.5. The van der Waals surface area contributed by atoms with E-state index in [1.807, 2.05) is 0 Å². The zero-order chi connectivity index (χ0) is 10.8. The van der Waals surface area contributed by atoms with Gasteiger partial charge in [-0.25, -0.2) is 9.97 Å². The number of methoxy groups -OCH3 is 1. The SMILES string of the molecule is COc1cnc(-n2cnc(Cl)c2)c(N)c1. The van der Waals surface area contributed by atoms with Gasteiger partial charge in [-0.05, 0) is 0 Å². The van der Waals surface area contributed by atoms with Crippen molar-refractivity contribution in [2.45, 2.75) is 0 Å². The molecule has 0 saturated heterocycles. The Kier molecular flexibility index (Phi) is 2.47. The van der Waals surface area contributed by atoms with Crippen LogP contribution in [-0.4, -0.2) is 21.6 Å². The van der Waals surface area contributed by atoms with Gasteiger partial charge in [0.2, 0.25) is 0 Å². The molecule has 15 heavy (non-hydrogen) atoms. The lowest BCUT2D eigenvalue weighted by molar-refractivity contribution is 0.413. The highest BCUT2D eigenvalue weighted by molar-refractivity contribution is 6.29. The first-order valence-electron chi connectivity index (χ1n) is 4.20. The number of nitrogen functional groups attached to an aromatic ring is 1. The summed E-state index contributed by atoms with van der Waals surface area (Å²) in [7, 11) is 1.56. The van der Waals surface area contributed by atoms with Crippen LogP contribution in [0.25, 0.3) is 5.82 Å². The number of pyridine rings is 1. The van der Waals surface area contributed by atoms with E-state index in [0.29, 0.717) is 22.4 Å². The fourth-order valence-electron chi connectivity index (χ4n) is 1.20. The first-order valence-corrected chi connectivity index (χ1v) is 4.58. The lowest BCUT2D eigenvalue weighted by Gasteiger charge is -2.06. The van der Waals surface area contributed by atoms with Gasteiger partial charge in [-0.3, -0.25) is 4.57 Å². The third-order valence-electron chi connectivity index (χ3n) is 1.90. The van der Waals surface area contributed by atoms with Crippen molar-refractivity contribution >= 4 is 17.3 Å². The highest BCUT2D eigenvalue weighted by Crippen LogP contribution is 2.20. The molecule has 0 atom stereocenters. The van der Waals surface area contributed by atoms with Crippen molar-refractivity contribution < 1.29 is 4.74 Å². The number of anilines is 1. The Morgan fingerprint density at radius 1 is 1.47 bits per heavy atom. The predicted molar refractivity (Wildman–Crippen MR) is 57.3 cm³/mol. The summed E-state index contributed by atoms with van der Waals surface area (Å²) >= 11 is 5.70. The maximum absolute atomic E-state index is 5.80. The van der Waals surface area contributed by atoms with Crippen LogP contribution < -0.4 is 10.5 Å². The number of rotatable bonds is 2. The van der Waals surface area contributed by atoms with Gasteiger partial charge < -0.3 is 10.5 Å². The quantitative estimate of drug-likeness (QED) is 0.840. The largest absolute Gasteiger partial charge is 0.495 e. The van der Waals surface area contributed by atoms with Gasteiger partial charge in [-0.1, -0.05) is 11.6 Å². The summed E-state index contributed by atoms with van der Waals surface area (Å²) in [6, 6.07) is 1.69. The summed E-state index contributed by atoms with van der Waals surface area (Å²) < 4.78 is 6.65. The Morgan fingerprint density at radius 2 is 2.27 bits per heavy atom. The van der Waals surface area contributed by atoms with Crippen molar-refractivity contribution in [2.24, 2.45) is 0 Å². The molecule has 0 aromatic carbocycles. The van der Waals surface area contributed by atoms with Crippen molar-refractivity contribution in [1.29, 1.82) is 0 Å². The number of nitrogens with zero attached hydrogens (tertiary/aromatic N) is 3. The van der Waals surface area contributed by atoms with Crippen LogP contribution in [0.4, 0.5) is 5.69 Å². The number of imidazole rings is 1. The Labute approximate surface area is 91.5 Å². The molecule has 2 aromatic rings. The number of aromatic nitrogens is 3. The summed E-state index contributed by atoms with van der Waals surface area (Å²) in [5.41, 5.74) is 6.31. The average molecular weight is 225 g/mol. The van der Waals surface area contributed by atoms with Gasteiger partial charge in [-0.2, -0.15) is 0 Å². The molecule has 0 unspecified atom stereocenters. The van der Waals surface area contributed by atoms with E-state index in [4.69, 9.17) is 22.1 Å². The van der Waals surface area contributed by atoms with E-state index in [9.17, 15) is 0 Å². The van der Waals surface area contributed by atoms with E-state index < -0.39 is 0 Å². The number of halogens is 1. The van der Waals surface area contributed by atoms with Crippen molar-refractivity contribution in [3.8, 4) is 11.6 Å². The summed E-state index contributed by atoms with van der Waals surface area (Å²) in [6.07, 6.45) is 4.76. The maximum Gasteiger partial charge on any atom is 0.161 e. The molecule has 2 rings (SSSR count). The van der Waals surface area contributed by atoms with Gasteiger partial charge in [0.15, 0.2) is 5.82 Å². The zero-order valence-corrected chi connectivity index (χ0v) is 8.77. The van der Waals surface area contributed by atoms with E-state index in [-0.39, 0.29) is 0 Å². The van der Waals surface area contributed by atoms with Gasteiger partial charge in [0.05, 0.1) is 19.0 Å². The van der Waals surface area contributed by atoms with Crippen LogP contribution in [0, 0.1) is 0 Å². The first kappa shape index (κ1) is 9.79. The molecular formula is C9H9ClN4O. The first-order chi connectivity index (χ1) is 7.20. The molecule has 6 heteroatoms. The van der Waals surface area contributed by atoms with Gasteiger partial charge in [0, 0.05) is 12.3 Å². The molecule has 0 aliphatic heterocycles.